The van der Waals surface area contributed by atoms with Gasteiger partial charge in [-0.2, -0.15) is 0 Å². The molecule has 19 nitrogen and oxygen atoms in total. The van der Waals surface area contributed by atoms with Gasteiger partial charge in [0.25, 0.3) is 10.0 Å². The van der Waals surface area contributed by atoms with E-state index in [0.717, 1.165) is 12.8 Å². The molecule has 0 bridgehead atoms. The van der Waals surface area contributed by atoms with Crippen molar-refractivity contribution >= 4 is 55.8 Å². The van der Waals surface area contributed by atoms with Gasteiger partial charge in [-0.1, -0.05) is 42.5 Å². The van der Waals surface area contributed by atoms with E-state index < -0.39 is 34.3 Å². The van der Waals surface area contributed by atoms with E-state index >= 15 is 0 Å². The van der Waals surface area contributed by atoms with Gasteiger partial charge in [0, 0.05) is 75.3 Å². The first-order chi connectivity index (χ1) is 32.0. The van der Waals surface area contributed by atoms with Crippen LogP contribution in [0.3, 0.4) is 0 Å². The first-order valence-electron chi connectivity index (χ1n) is 21.7. The number of nitrogens with zero attached hydrogens (tertiary/aromatic N) is 5. The summed E-state index contributed by atoms with van der Waals surface area (Å²) in [6, 6.07) is 17.0. The zero-order chi connectivity index (χ0) is 46.5. The molecular formula is C46H53N9O10S. The summed E-state index contributed by atoms with van der Waals surface area (Å²) >= 11 is 0. The van der Waals surface area contributed by atoms with E-state index in [9.17, 15) is 27.6 Å². The van der Waals surface area contributed by atoms with Crippen LogP contribution in [0.15, 0.2) is 84.0 Å². The second kappa shape index (κ2) is 19.8. The lowest BCUT2D eigenvalue weighted by atomic mass is 10.1. The van der Waals surface area contributed by atoms with Crippen molar-refractivity contribution in [3.63, 3.8) is 0 Å². The monoisotopic (exact) mass is 923 g/mol. The van der Waals surface area contributed by atoms with E-state index in [1.165, 1.54) is 32.4 Å². The number of alkyl carbamates (subject to hydrolysis) is 2. The number of aromatic amines is 2. The smallest absolute Gasteiger partial charge is 0.407 e. The van der Waals surface area contributed by atoms with Crippen LogP contribution in [0.5, 0.6) is 0 Å². The molecule has 4 amide bonds. The molecule has 0 spiro atoms. The van der Waals surface area contributed by atoms with Crippen molar-refractivity contribution < 1.29 is 46.5 Å². The number of ether oxygens (including phenoxy) is 4. The number of amides is 4. The van der Waals surface area contributed by atoms with Crippen molar-refractivity contribution in [3.05, 3.63) is 90.8 Å². The summed E-state index contributed by atoms with van der Waals surface area (Å²) in [6.45, 7) is 1.46. The maximum Gasteiger partial charge on any atom is 0.407 e. The number of carbonyl (C=O) groups is 4. The Balaban J connectivity index is 1.13. The summed E-state index contributed by atoms with van der Waals surface area (Å²) in [5.41, 5.74) is 3.49. The van der Waals surface area contributed by atoms with Crippen molar-refractivity contribution in [1.29, 1.82) is 0 Å². The average Bonchev–Trinajstić information content (AvgIpc) is 4.20. The van der Waals surface area contributed by atoms with Crippen molar-refractivity contribution in [2.75, 3.05) is 54.7 Å². The Hall–Kier alpha value is -6.77. The fourth-order valence-corrected chi connectivity index (χ4v) is 10.5. The number of H-pyrrole nitrogens is 2. The number of benzene rings is 3. The molecule has 0 aliphatic carbocycles. The van der Waals surface area contributed by atoms with Gasteiger partial charge < -0.3 is 49.3 Å². The summed E-state index contributed by atoms with van der Waals surface area (Å²) in [5.74, 6) is 0.588. The Kier molecular flexibility index (Phi) is 13.7. The van der Waals surface area contributed by atoms with Gasteiger partial charge in [-0.3, -0.25) is 9.59 Å². The molecule has 4 N–H and O–H groups in total. The fraction of sp³-hybridized carbons (Fsp3) is 0.391. The third-order valence-corrected chi connectivity index (χ3v) is 14.0. The summed E-state index contributed by atoms with van der Waals surface area (Å²) < 4.78 is 50.8. The van der Waals surface area contributed by atoms with Crippen LogP contribution in [0.4, 0.5) is 9.59 Å². The normalized spacial score (nSPS) is 17.3. The molecular weight excluding hydrogens is 871 g/mol. The Bertz CT molecular complexity index is 2690. The number of aromatic nitrogens is 5. The van der Waals surface area contributed by atoms with Gasteiger partial charge >= 0.3 is 12.2 Å². The number of methoxy groups -OCH3 is 4. The lowest BCUT2D eigenvalue weighted by Crippen LogP contribution is -2.49. The Morgan fingerprint density at radius 2 is 1.14 bits per heavy atom. The minimum atomic E-state index is -4.17. The van der Waals surface area contributed by atoms with E-state index in [2.05, 4.69) is 20.6 Å². The van der Waals surface area contributed by atoms with Crippen LogP contribution in [0.1, 0.15) is 62.3 Å². The van der Waals surface area contributed by atoms with E-state index in [1.54, 1.807) is 52.5 Å². The zero-order valence-corrected chi connectivity index (χ0v) is 37.9. The summed E-state index contributed by atoms with van der Waals surface area (Å²) in [5, 5.41) is 6.69. The van der Waals surface area contributed by atoms with E-state index in [1.807, 2.05) is 36.4 Å². The SMILES string of the molecule is COCC[C@H](NC(=O)OC)C(=O)N1CCC[C@H]1c1ncc(-c2ccc3c4ccc(-c5cnc([C@@H]6CCCN6C(=O)[C@H](CCOC)NC(=O)OC)[nH]5)cc4n(S(=O)(=O)c4ccccc4)c3c2)[nH]1. The average molecular weight is 924 g/mol. The van der Waals surface area contributed by atoms with Crippen molar-refractivity contribution in [1.82, 2.24) is 44.3 Å². The molecule has 0 radical (unpaired) electrons. The topological polar surface area (TPSA) is 232 Å². The van der Waals surface area contributed by atoms with E-state index in [-0.39, 0.29) is 54.8 Å². The van der Waals surface area contributed by atoms with Crippen molar-refractivity contribution in [2.24, 2.45) is 0 Å². The molecule has 2 saturated heterocycles. The van der Waals surface area contributed by atoms with Gasteiger partial charge in [-0.15, -0.1) is 0 Å². The van der Waals surface area contributed by atoms with Crippen LogP contribution in [0, 0.1) is 0 Å². The van der Waals surface area contributed by atoms with Crippen LogP contribution >= 0.6 is 0 Å². The van der Waals surface area contributed by atoms with Crippen LogP contribution in [0.25, 0.3) is 44.3 Å². The van der Waals surface area contributed by atoms with Crippen LogP contribution < -0.4 is 10.6 Å². The predicted octanol–water partition coefficient (Wildman–Crippen LogP) is 5.66. The number of hydrogen-bond donors (Lipinski definition) is 4. The molecule has 66 heavy (non-hydrogen) atoms. The highest BCUT2D eigenvalue weighted by Gasteiger charge is 2.38. The maximum absolute atomic E-state index is 14.8. The third-order valence-electron chi connectivity index (χ3n) is 12.3. The molecule has 6 aromatic rings. The second-order valence-electron chi connectivity index (χ2n) is 16.2. The molecule has 2 aliphatic heterocycles. The maximum atomic E-state index is 14.8. The zero-order valence-electron chi connectivity index (χ0n) is 37.1. The van der Waals surface area contributed by atoms with Gasteiger partial charge in [0.15, 0.2) is 0 Å². The third kappa shape index (κ3) is 9.07. The summed E-state index contributed by atoms with van der Waals surface area (Å²) in [7, 11) is 1.37. The minimum Gasteiger partial charge on any atom is -0.453 e. The first kappa shape index (κ1) is 45.8. The number of hydrogen-bond acceptors (Lipinski definition) is 12. The van der Waals surface area contributed by atoms with E-state index in [4.69, 9.17) is 28.9 Å². The van der Waals surface area contributed by atoms with Gasteiger partial charge in [0.2, 0.25) is 11.8 Å². The summed E-state index contributed by atoms with van der Waals surface area (Å²) in [4.78, 5) is 71.6. The number of likely N-dealkylation sites (tertiary alicyclic amines) is 2. The standard InChI is InChI=1S/C46H53N9O10S/c1-62-22-18-33(51-45(58)64-3)43(56)53-20-8-12-37(53)41-47-26-35(49-41)28-14-16-31-32-17-15-29(25-40(32)55(39(31)24-28)66(60,61)30-10-6-5-7-11-30)36-27-48-42(50-36)38-13-9-21-54(38)44(57)34(19-23-63-2)52-46(59)65-4/h5-7,10-11,14-17,24-27,33-34,37-38H,8-9,12-13,18-23H2,1-4H3,(H,47,49)(H,48,50)(H,51,58)(H,52,59)/t33-,34-,37-,38-/m0/s1. The first-order valence-corrected chi connectivity index (χ1v) is 23.2. The lowest BCUT2D eigenvalue weighted by Gasteiger charge is -2.28. The van der Waals surface area contributed by atoms with Gasteiger partial charge in [0.1, 0.15) is 23.7 Å². The molecule has 2 fully saturated rings. The minimum absolute atomic E-state index is 0.111. The summed E-state index contributed by atoms with van der Waals surface area (Å²) in [6.07, 6.45) is 5.22. The second-order valence-corrected chi connectivity index (χ2v) is 18.0. The van der Waals surface area contributed by atoms with Gasteiger partial charge in [-0.05, 0) is 49.9 Å². The largest absolute Gasteiger partial charge is 0.453 e. The predicted molar refractivity (Wildman–Crippen MR) is 243 cm³/mol. The van der Waals surface area contributed by atoms with Crippen molar-refractivity contribution in [2.45, 2.75) is 67.6 Å². The quantitative estimate of drug-likeness (QED) is 0.0922. The highest BCUT2D eigenvalue weighted by Crippen LogP contribution is 2.39. The molecule has 5 heterocycles. The van der Waals surface area contributed by atoms with Crippen LogP contribution in [-0.2, 0) is 38.6 Å². The number of imidazole rings is 2. The van der Waals surface area contributed by atoms with E-state index in [0.29, 0.717) is 81.9 Å². The van der Waals surface area contributed by atoms with Crippen molar-refractivity contribution in [3.8, 4) is 22.5 Å². The Morgan fingerprint density at radius 1 is 0.682 bits per heavy atom. The van der Waals surface area contributed by atoms with Crippen LogP contribution in [-0.4, -0.2) is 133 Å². The molecule has 20 heteroatoms. The molecule has 0 unspecified atom stereocenters. The Labute approximate surface area is 381 Å². The molecule has 3 aromatic heterocycles. The molecule has 8 rings (SSSR count). The number of fused-ring (bicyclic) bond motifs is 3. The molecule has 0 saturated carbocycles. The highest BCUT2D eigenvalue weighted by atomic mass is 32.2. The number of rotatable bonds is 16. The van der Waals surface area contributed by atoms with Crippen LogP contribution in [0.2, 0.25) is 0 Å². The molecule has 348 valence electrons. The molecule has 2 aliphatic rings. The highest BCUT2D eigenvalue weighted by molar-refractivity contribution is 7.90. The number of carbonyl (C=O) groups excluding carboxylic acids is 4. The molecule has 4 atom stereocenters. The Morgan fingerprint density at radius 3 is 1.56 bits per heavy atom. The van der Waals surface area contributed by atoms with Gasteiger partial charge in [0.05, 0.1) is 66.0 Å². The fourth-order valence-electron chi connectivity index (χ4n) is 9.00. The van der Waals surface area contributed by atoms with Gasteiger partial charge in [-0.25, -0.2) is 31.9 Å². The lowest BCUT2D eigenvalue weighted by molar-refractivity contribution is -0.135. The number of nitrogens with one attached hydrogen (secondary N) is 4. The molecule has 3 aromatic carbocycles.